The third-order valence-electron chi connectivity index (χ3n) is 2.45. The zero-order chi connectivity index (χ0) is 11.6. The molecule has 0 aromatic rings. The molecule has 4 nitrogen and oxygen atoms in total. The molecule has 0 radical (unpaired) electrons. The van der Waals surface area contributed by atoms with Crippen molar-refractivity contribution >= 4 is 7.85 Å². The quantitative estimate of drug-likeness (QED) is 0.385. The molecule has 0 bridgehead atoms. The maximum atomic E-state index is 11.8. The largest absolute Gasteiger partial charge is 0.394 e. The fraction of sp³-hybridized carbons (Fsp3) is 0.625. The molecular weight excluding hydrogens is 209 g/mol. The number of rotatable bonds is 2. The third-order valence-corrected chi connectivity index (χ3v) is 2.45. The summed E-state index contributed by atoms with van der Waals surface area (Å²) in [6, 6.07) is -0.892. The minimum Gasteiger partial charge on any atom is -0.394 e. The lowest BCUT2D eigenvalue weighted by molar-refractivity contribution is -0.0286. The lowest BCUT2D eigenvalue weighted by Crippen LogP contribution is -2.47. The second-order valence-corrected chi connectivity index (χ2v) is 3.38. The number of halogens is 2. The average Bonchev–Trinajstić information content (AvgIpc) is 2.40. The van der Waals surface area contributed by atoms with Gasteiger partial charge < -0.3 is 20.1 Å². The summed E-state index contributed by atoms with van der Waals surface area (Å²) in [6.45, 7) is -0.497. The van der Waals surface area contributed by atoms with E-state index < -0.39 is 36.5 Å². The zero-order valence-electron chi connectivity index (χ0n) is 8.02. The van der Waals surface area contributed by atoms with Gasteiger partial charge in [-0.1, -0.05) is 5.73 Å². The molecule has 1 unspecified atom stereocenters. The molecule has 0 aromatic heterocycles. The maximum absolute atomic E-state index is 11.8. The van der Waals surface area contributed by atoms with E-state index in [1.165, 1.54) is 13.6 Å². The lowest BCUT2D eigenvalue weighted by Gasteiger charge is -2.24. The van der Waals surface area contributed by atoms with Gasteiger partial charge in [-0.15, -0.1) is 0 Å². The molecule has 0 aliphatic carbocycles. The Morgan fingerprint density at radius 1 is 1.60 bits per heavy atom. The van der Waals surface area contributed by atoms with E-state index in [4.69, 9.17) is 9.84 Å². The Morgan fingerprint density at radius 2 is 2.20 bits per heavy atom. The summed E-state index contributed by atoms with van der Waals surface area (Å²) in [4.78, 5) is 0. The summed E-state index contributed by atoms with van der Waals surface area (Å²) in [5, 5.41) is 28.1. The average molecular weight is 220 g/mol. The minimum absolute atomic E-state index is 0.497. The summed E-state index contributed by atoms with van der Waals surface area (Å²) < 4.78 is 28.6. The molecule has 1 rings (SSSR count). The maximum Gasteiger partial charge on any atom is 0.312 e. The van der Waals surface area contributed by atoms with E-state index in [-0.39, 0.29) is 0 Å². The van der Waals surface area contributed by atoms with Crippen LogP contribution in [0.2, 0.25) is 0 Å². The van der Waals surface area contributed by atoms with E-state index in [2.05, 4.69) is 0 Å². The molecule has 15 heavy (non-hydrogen) atoms. The van der Waals surface area contributed by atoms with Gasteiger partial charge in [0, 0.05) is 0 Å². The van der Waals surface area contributed by atoms with Crippen molar-refractivity contribution in [3.05, 3.63) is 17.9 Å². The van der Waals surface area contributed by atoms with E-state index >= 15 is 0 Å². The standard InChI is InChI=1S/C8H11BF2O4/c9-7-8(14,2-1-5(10)11)6(13)4(3-12)15-7/h2,4,6-7,12-14H,3,9H2/t4-,6?,7-,8-/m1/s1. The summed E-state index contributed by atoms with van der Waals surface area (Å²) >= 11 is 0. The van der Waals surface area contributed by atoms with Crippen molar-refractivity contribution in [2.24, 2.45) is 0 Å². The fourth-order valence-electron chi connectivity index (χ4n) is 1.50. The molecule has 0 spiro atoms. The number of hydrogen-bond donors (Lipinski definition) is 3. The molecule has 3 N–H and O–H groups in total. The smallest absolute Gasteiger partial charge is 0.312 e. The third kappa shape index (κ3) is 2.27. The highest BCUT2D eigenvalue weighted by Gasteiger charge is 2.51. The van der Waals surface area contributed by atoms with Gasteiger partial charge in [0.05, 0.1) is 12.6 Å². The van der Waals surface area contributed by atoms with Gasteiger partial charge in [-0.3, -0.25) is 0 Å². The number of ether oxygens (including phenoxy) is 1. The van der Waals surface area contributed by atoms with Crippen molar-refractivity contribution in [1.82, 2.24) is 0 Å². The van der Waals surface area contributed by atoms with Crippen LogP contribution in [-0.2, 0) is 4.74 Å². The van der Waals surface area contributed by atoms with E-state index in [0.717, 1.165) is 0 Å². The van der Waals surface area contributed by atoms with Gasteiger partial charge in [0.25, 0.3) is 0 Å². The zero-order valence-corrected chi connectivity index (χ0v) is 8.02. The Labute approximate surface area is 85.9 Å². The van der Waals surface area contributed by atoms with Crippen molar-refractivity contribution in [2.45, 2.75) is 23.8 Å². The van der Waals surface area contributed by atoms with Gasteiger partial charge in [0.1, 0.15) is 25.7 Å². The normalized spacial score (nSPS) is 39.9. The molecule has 1 saturated heterocycles. The lowest BCUT2D eigenvalue weighted by atomic mass is 9.80. The Bertz CT molecular complexity index is 301. The highest BCUT2D eigenvalue weighted by atomic mass is 19.3. The monoisotopic (exact) mass is 220 g/mol. The van der Waals surface area contributed by atoms with E-state index in [1.807, 2.05) is 0 Å². The minimum atomic E-state index is -2.10. The first-order chi connectivity index (χ1) is 6.91. The predicted molar refractivity (Wildman–Crippen MR) is 49.1 cm³/mol. The number of aliphatic hydroxyl groups is 3. The highest BCUT2D eigenvalue weighted by Crippen LogP contribution is 2.30. The van der Waals surface area contributed by atoms with Crippen LogP contribution in [0, 0.1) is 0 Å². The molecule has 0 amide bonds. The van der Waals surface area contributed by atoms with Gasteiger partial charge in [0.2, 0.25) is 0 Å². The van der Waals surface area contributed by atoms with Gasteiger partial charge in [0.15, 0.2) is 0 Å². The number of hydrogen-bond acceptors (Lipinski definition) is 4. The molecule has 7 heteroatoms. The summed E-state index contributed by atoms with van der Waals surface area (Å²) in [5.74, 6) is 0. The van der Waals surface area contributed by atoms with Crippen molar-refractivity contribution < 1.29 is 28.8 Å². The first-order valence-corrected chi connectivity index (χ1v) is 4.37. The van der Waals surface area contributed by atoms with Gasteiger partial charge >= 0.3 is 6.08 Å². The predicted octanol–water partition coefficient (Wildman–Crippen LogP) is -1.64. The van der Waals surface area contributed by atoms with Crippen LogP contribution in [0.4, 0.5) is 8.78 Å². The molecule has 1 aliphatic rings. The van der Waals surface area contributed by atoms with Crippen LogP contribution in [0.25, 0.3) is 0 Å². The molecule has 1 heterocycles. The van der Waals surface area contributed by atoms with Crippen LogP contribution in [0.15, 0.2) is 17.9 Å². The SMILES string of the molecule is B[C@@H]1O[C@H](CO)C(O)[C@]1(O)C=C=C(F)F. The Balaban J connectivity index is 2.97. The van der Waals surface area contributed by atoms with Crippen molar-refractivity contribution in [2.75, 3.05) is 6.61 Å². The van der Waals surface area contributed by atoms with Crippen LogP contribution in [0.5, 0.6) is 0 Å². The molecule has 1 fully saturated rings. The summed E-state index contributed by atoms with van der Waals surface area (Å²) in [7, 11) is 1.41. The van der Waals surface area contributed by atoms with Crippen LogP contribution < -0.4 is 0 Å². The molecule has 0 saturated carbocycles. The molecule has 1 aliphatic heterocycles. The van der Waals surface area contributed by atoms with Gasteiger partial charge in [-0.05, 0) is 6.08 Å². The Morgan fingerprint density at radius 3 is 2.60 bits per heavy atom. The molecule has 0 aromatic carbocycles. The van der Waals surface area contributed by atoms with Crippen molar-refractivity contribution in [3.63, 3.8) is 0 Å². The Hall–Kier alpha value is -0.715. The van der Waals surface area contributed by atoms with Gasteiger partial charge in [-0.2, -0.15) is 8.78 Å². The summed E-state index contributed by atoms with van der Waals surface area (Å²) in [6.07, 6.45) is -3.88. The van der Waals surface area contributed by atoms with E-state index in [1.54, 1.807) is 0 Å². The molecular formula is C8H11BF2O4. The fourth-order valence-corrected chi connectivity index (χ4v) is 1.50. The van der Waals surface area contributed by atoms with Crippen LogP contribution in [-0.4, -0.2) is 53.6 Å². The molecule has 4 atom stereocenters. The highest BCUT2D eigenvalue weighted by molar-refractivity contribution is 6.12. The first kappa shape index (κ1) is 12.4. The second kappa shape index (κ2) is 4.43. The number of aliphatic hydroxyl groups excluding tert-OH is 2. The van der Waals surface area contributed by atoms with Crippen molar-refractivity contribution in [1.29, 1.82) is 0 Å². The van der Waals surface area contributed by atoms with E-state index in [9.17, 15) is 19.0 Å². The summed E-state index contributed by atoms with van der Waals surface area (Å²) in [5.41, 5.74) is -0.427. The van der Waals surface area contributed by atoms with Crippen molar-refractivity contribution in [3.8, 4) is 0 Å². The van der Waals surface area contributed by atoms with Gasteiger partial charge in [-0.25, -0.2) is 0 Å². The first-order valence-electron chi connectivity index (χ1n) is 4.37. The van der Waals surface area contributed by atoms with E-state index in [0.29, 0.717) is 6.08 Å². The second-order valence-electron chi connectivity index (χ2n) is 3.38. The van der Waals surface area contributed by atoms with Crippen LogP contribution in [0.3, 0.4) is 0 Å². The molecule has 84 valence electrons. The Kier molecular flexibility index (Phi) is 3.65. The topological polar surface area (TPSA) is 69.9 Å². The van der Waals surface area contributed by atoms with Crippen LogP contribution in [0.1, 0.15) is 0 Å². The van der Waals surface area contributed by atoms with Crippen LogP contribution >= 0.6 is 0 Å².